The van der Waals surface area contributed by atoms with Crippen LogP contribution in [0.1, 0.15) is 36.1 Å². The molecule has 1 aliphatic carbocycles. The van der Waals surface area contributed by atoms with E-state index in [1.54, 1.807) is 0 Å². The molecular weight excluding hydrogens is 352 g/mol. The van der Waals surface area contributed by atoms with Gasteiger partial charge in [-0.25, -0.2) is 9.97 Å². The highest BCUT2D eigenvalue weighted by molar-refractivity contribution is 5.44. The lowest BCUT2D eigenvalue weighted by atomic mass is 9.77. The van der Waals surface area contributed by atoms with Crippen molar-refractivity contribution >= 4 is 5.95 Å². The van der Waals surface area contributed by atoms with Crippen LogP contribution in [-0.2, 0) is 18.4 Å². The van der Waals surface area contributed by atoms with Crippen molar-refractivity contribution in [2.45, 2.75) is 37.6 Å². The number of nitrogens with zero attached hydrogens (tertiary/aromatic N) is 4. The van der Waals surface area contributed by atoms with Gasteiger partial charge in [-0.2, -0.15) is 0 Å². The second-order valence-electron chi connectivity index (χ2n) is 8.51. The van der Waals surface area contributed by atoms with Crippen LogP contribution in [0.3, 0.4) is 0 Å². The molecule has 28 heavy (non-hydrogen) atoms. The van der Waals surface area contributed by atoms with Gasteiger partial charge in [0.25, 0.3) is 0 Å². The zero-order valence-corrected chi connectivity index (χ0v) is 16.8. The molecule has 3 heterocycles. The van der Waals surface area contributed by atoms with Gasteiger partial charge in [-0.05, 0) is 55.5 Å². The van der Waals surface area contributed by atoms with Gasteiger partial charge in [-0.15, -0.1) is 0 Å². The topological polar surface area (TPSA) is 50.7 Å². The number of hydrogen-bond acceptors (Lipinski definition) is 6. The van der Waals surface area contributed by atoms with Crippen molar-refractivity contribution < 1.29 is 9.47 Å². The molecule has 6 nitrogen and oxygen atoms in total. The molecule has 1 atom stereocenters. The molecule has 6 heteroatoms. The molecule has 1 fully saturated rings. The minimum absolute atomic E-state index is 0.176. The van der Waals surface area contributed by atoms with Crippen LogP contribution in [0.5, 0.6) is 11.5 Å². The quantitative estimate of drug-likeness (QED) is 0.816. The van der Waals surface area contributed by atoms with E-state index in [0.29, 0.717) is 13.2 Å². The van der Waals surface area contributed by atoms with Gasteiger partial charge in [0.1, 0.15) is 13.2 Å². The number of ether oxygens (including phenoxy) is 2. The SMILES string of the molecule is CN(C)c1ncc2c(n1)C1(CCCN(Cc3ccc4c(c3)OCCO4)C1)CC2. The average Bonchev–Trinajstić information content (AvgIpc) is 3.05. The van der Waals surface area contributed by atoms with Gasteiger partial charge in [0.15, 0.2) is 11.5 Å². The van der Waals surface area contributed by atoms with Gasteiger partial charge < -0.3 is 14.4 Å². The molecule has 0 bridgehead atoms. The molecular formula is C22H28N4O2. The number of aryl methyl sites for hydroxylation is 1. The van der Waals surface area contributed by atoms with Crippen molar-refractivity contribution in [1.82, 2.24) is 14.9 Å². The summed E-state index contributed by atoms with van der Waals surface area (Å²) in [5.41, 5.74) is 4.09. The maximum absolute atomic E-state index is 5.76. The third-order valence-corrected chi connectivity index (χ3v) is 6.30. The molecule has 0 radical (unpaired) electrons. The second kappa shape index (κ2) is 6.92. The monoisotopic (exact) mass is 380 g/mol. The highest BCUT2D eigenvalue weighted by Gasteiger charge is 2.43. The molecule has 2 aliphatic heterocycles. The van der Waals surface area contributed by atoms with E-state index < -0.39 is 0 Å². The highest BCUT2D eigenvalue weighted by atomic mass is 16.6. The number of likely N-dealkylation sites (tertiary alicyclic amines) is 1. The summed E-state index contributed by atoms with van der Waals surface area (Å²) < 4.78 is 11.4. The Balaban J connectivity index is 1.37. The number of rotatable bonds is 3. The summed E-state index contributed by atoms with van der Waals surface area (Å²) in [7, 11) is 4.02. The normalized spacial score (nSPS) is 23.6. The molecule has 0 amide bonds. The van der Waals surface area contributed by atoms with Crippen LogP contribution in [0, 0.1) is 0 Å². The summed E-state index contributed by atoms with van der Waals surface area (Å²) in [6.07, 6.45) is 6.77. The Hall–Kier alpha value is -2.34. The summed E-state index contributed by atoms with van der Waals surface area (Å²) in [4.78, 5) is 14.1. The number of benzene rings is 1. The van der Waals surface area contributed by atoms with Gasteiger partial charge in [0, 0.05) is 38.8 Å². The number of piperidine rings is 1. The van der Waals surface area contributed by atoms with E-state index in [4.69, 9.17) is 14.5 Å². The molecule has 1 spiro atoms. The third-order valence-electron chi connectivity index (χ3n) is 6.30. The van der Waals surface area contributed by atoms with Crippen molar-refractivity contribution in [2.24, 2.45) is 0 Å². The molecule has 148 valence electrons. The van der Waals surface area contributed by atoms with Crippen molar-refractivity contribution in [2.75, 3.05) is 45.3 Å². The smallest absolute Gasteiger partial charge is 0.225 e. The Morgan fingerprint density at radius 2 is 2.00 bits per heavy atom. The Bertz CT molecular complexity index is 881. The zero-order chi connectivity index (χ0) is 19.1. The summed E-state index contributed by atoms with van der Waals surface area (Å²) in [5, 5.41) is 0. The lowest BCUT2D eigenvalue weighted by Gasteiger charge is -2.40. The van der Waals surface area contributed by atoms with Crippen LogP contribution in [-0.4, -0.2) is 55.3 Å². The van der Waals surface area contributed by atoms with Crippen LogP contribution in [0.4, 0.5) is 5.95 Å². The molecule has 1 aromatic carbocycles. The second-order valence-corrected chi connectivity index (χ2v) is 8.51. The fraction of sp³-hybridized carbons (Fsp3) is 0.545. The van der Waals surface area contributed by atoms with Crippen LogP contribution < -0.4 is 14.4 Å². The van der Waals surface area contributed by atoms with Crippen LogP contribution >= 0.6 is 0 Å². The first-order valence-corrected chi connectivity index (χ1v) is 10.3. The summed E-state index contributed by atoms with van der Waals surface area (Å²) in [6, 6.07) is 6.36. The van der Waals surface area contributed by atoms with Gasteiger partial charge in [-0.3, -0.25) is 4.90 Å². The maximum Gasteiger partial charge on any atom is 0.225 e. The standard InChI is InChI=1S/C22H28N4O2/c1-25(2)21-23-13-17-6-8-22(20(17)24-21)7-3-9-26(15-22)14-16-4-5-18-19(12-16)28-11-10-27-18/h4-5,12-13H,3,6-11,14-15H2,1-2H3. The van der Waals surface area contributed by atoms with Crippen molar-refractivity contribution in [1.29, 1.82) is 0 Å². The van der Waals surface area contributed by atoms with Crippen LogP contribution in [0.25, 0.3) is 0 Å². The maximum atomic E-state index is 5.76. The van der Waals surface area contributed by atoms with Crippen LogP contribution in [0.2, 0.25) is 0 Å². The van der Waals surface area contributed by atoms with Gasteiger partial charge >= 0.3 is 0 Å². The zero-order valence-electron chi connectivity index (χ0n) is 16.8. The molecule has 1 aromatic heterocycles. The first-order valence-electron chi connectivity index (χ1n) is 10.3. The van der Waals surface area contributed by atoms with E-state index in [2.05, 4.69) is 22.0 Å². The largest absolute Gasteiger partial charge is 0.486 e. The number of hydrogen-bond donors (Lipinski definition) is 0. The first-order chi connectivity index (χ1) is 13.6. The fourth-order valence-corrected chi connectivity index (χ4v) is 4.95. The lowest BCUT2D eigenvalue weighted by Crippen LogP contribution is -2.45. The Kier molecular flexibility index (Phi) is 4.38. The van der Waals surface area contributed by atoms with E-state index in [-0.39, 0.29) is 5.41 Å². The number of aromatic nitrogens is 2. The Labute approximate surface area is 166 Å². The predicted molar refractivity (Wildman–Crippen MR) is 108 cm³/mol. The summed E-state index contributed by atoms with van der Waals surface area (Å²) >= 11 is 0. The molecule has 0 saturated carbocycles. The highest BCUT2D eigenvalue weighted by Crippen LogP contribution is 2.44. The van der Waals surface area contributed by atoms with Crippen LogP contribution in [0.15, 0.2) is 24.4 Å². The predicted octanol–water partition coefficient (Wildman–Crippen LogP) is 2.79. The molecule has 5 rings (SSSR count). The molecule has 2 aromatic rings. The van der Waals surface area contributed by atoms with E-state index in [0.717, 1.165) is 43.5 Å². The number of fused-ring (bicyclic) bond motifs is 3. The van der Waals surface area contributed by atoms with E-state index in [1.165, 1.54) is 36.1 Å². The van der Waals surface area contributed by atoms with Gasteiger partial charge in [0.05, 0.1) is 5.69 Å². The fourth-order valence-electron chi connectivity index (χ4n) is 4.95. The molecule has 0 N–H and O–H groups in total. The lowest BCUT2D eigenvalue weighted by molar-refractivity contribution is 0.136. The first kappa shape index (κ1) is 17.7. The van der Waals surface area contributed by atoms with Crippen molar-refractivity contribution in [3.8, 4) is 11.5 Å². The number of anilines is 1. The molecule has 1 unspecified atom stereocenters. The molecule has 3 aliphatic rings. The Morgan fingerprint density at radius 1 is 1.14 bits per heavy atom. The third kappa shape index (κ3) is 3.09. The van der Waals surface area contributed by atoms with Crippen molar-refractivity contribution in [3.05, 3.63) is 41.2 Å². The Morgan fingerprint density at radius 3 is 2.86 bits per heavy atom. The molecule has 1 saturated heterocycles. The average molecular weight is 380 g/mol. The van der Waals surface area contributed by atoms with Crippen molar-refractivity contribution in [3.63, 3.8) is 0 Å². The van der Waals surface area contributed by atoms with Gasteiger partial charge in [-0.1, -0.05) is 6.07 Å². The van der Waals surface area contributed by atoms with Gasteiger partial charge in [0.2, 0.25) is 5.95 Å². The van der Waals surface area contributed by atoms with E-state index in [9.17, 15) is 0 Å². The van der Waals surface area contributed by atoms with E-state index in [1.807, 2.05) is 31.3 Å². The minimum atomic E-state index is 0.176. The summed E-state index contributed by atoms with van der Waals surface area (Å²) in [5.74, 6) is 2.57. The summed E-state index contributed by atoms with van der Waals surface area (Å²) in [6.45, 7) is 4.42. The minimum Gasteiger partial charge on any atom is -0.486 e. The van der Waals surface area contributed by atoms with E-state index >= 15 is 0 Å².